The average Bonchev–Trinajstić information content (AvgIpc) is 3.84. The molecular formula is C51H31N3OS. The zero-order valence-corrected chi connectivity index (χ0v) is 30.9. The summed E-state index contributed by atoms with van der Waals surface area (Å²) in [5.41, 5.74) is 11.3. The van der Waals surface area contributed by atoms with Gasteiger partial charge in [0.15, 0.2) is 17.5 Å². The van der Waals surface area contributed by atoms with Crippen molar-refractivity contribution in [3.63, 3.8) is 0 Å². The standard InChI is InChI=1S/C51H31N3OS/c1-3-11-32(12-4-1)33-19-21-35(22-20-33)50-52-49(34-13-5-2-6-14-34)53-51(54-50)38-25-27-42-41-26-23-36(29-45(41)55-46(42)30-38)39-15-7-8-16-40(39)37-24-28-44-43-17-9-10-18-47(43)56-48(44)31-37/h1-31H. The maximum absolute atomic E-state index is 6.63. The van der Waals surface area contributed by atoms with Gasteiger partial charge >= 0.3 is 0 Å². The fourth-order valence-electron chi connectivity index (χ4n) is 7.76. The van der Waals surface area contributed by atoms with Crippen molar-refractivity contribution < 1.29 is 4.42 Å². The lowest BCUT2D eigenvalue weighted by molar-refractivity contribution is 0.669. The van der Waals surface area contributed by atoms with Gasteiger partial charge in [-0.25, -0.2) is 15.0 Å². The van der Waals surface area contributed by atoms with Crippen LogP contribution >= 0.6 is 11.3 Å². The van der Waals surface area contributed by atoms with Gasteiger partial charge in [0, 0.05) is 47.6 Å². The second kappa shape index (κ2) is 13.3. The molecule has 8 aromatic carbocycles. The molecular weight excluding hydrogens is 703 g/mol. The fraction of sp³-hybridized carbons (Fsp3) is 0. The molecule has 11 aromatic rings. The van der Waals surface area contributed by atoms with E-state index in [1.807, 2.05) is 47.7 Å². The van der Waals surface area contributed by atoms with Crippen LogP contribution in [0.3, 0.4) is 0 Å². The minimum absolute atomic E-state index is 0.591. The first kappa shape index (κ1) is 32.2. The van der Waals surface area contributed by atoms with Crippen molar-refractivity contribution in [2.45, 2.75) is 0 Å². The highest BCUT2D eigenvalue weighted by Crippen LogP contribution is 2.41. The summed E-state index contributed by atoms with van der Waals surface area (Å²) in [4.78, 5) is 15.0. The minimum Gasteiger partial charge on any atom is -0.456 e. The molecule has 11 rings (SSSR count). The molecule has 0 radical (unpaired) electrons. The Kier molecular flexibility index (Phi) is 7.64. The van der Waals surface area contributed by atoms with Crippen LogP contribution in [0.25, 0.3) is 110 Å². The van der Waals surface area contributed by atoms with E-state index in [-0.39, 0.29) is 0 Å². The van der Waals surface area contributed by atoms with Crippen LogP contribution in [0, 0.1) is 0 Å². The number of nitrogens with zero attached hydrogens (tertiary/aromatic N) is 3. The minimum atomic E-state index is 0.591. The molecule has 0 atom stereocenters. The molecule has 0 saturated carbocycles. The van der Waals surface area contributed by atoms with Crippen molar-refractivity contribution in [3.8, 4) is 67.5 Å². The van der Waals surface area contributed by atoms with Gasteiger partial charge in [-0.2, -0.15) is 0 Å². The topological polar surface area (TPSA) is 51.8 Å². The van der Waals surface area contributed by atoms with Crippen LogP contribution in [0.1, 0.15) is 0 Å². The highest BCUT2D eigenvalue weighted by molar-refractivity contribution is 7.25. The lowest BCUT2D eigenvalue weighted by atomic mass is 9.93. The van der Waals surface area contributed by atoms with E-state index in [1.165, 1.54) is 42.4 Å². The Morgan fingerprint density at radius 1 is 0.304 bits per heavy atom. The molecule has 0 amide bonds. The molecule has 5 heteroatoms. The predicted molar refractivity (Wildman–Crippen MR) is 233 cm³/mol. The van der Waals surface area contributed by atoms with E-state index >= 15 is 0 Å². The van der Waals surface area contributed by atoms with E-state index in [4.69, 9.17) is 19.4 Å². The van der Waals surface area contributed by atoms with Gasteiger partial charge < -0.3 is 4.42 Å². The third-order valence-electron chi connectivity index (χ3n) is 10.6. The number of fused-ring (bicyclic) bond motifs is 6. The molecule has 3 heterocycles. The molecule has 0 bridgehead atoms. The molecule has 0 unspecified atom stereocenters. The SMILES string of the molecule is c1ccc(-c2ccc(-c3nc(-c4ccccc4)nc(-c4ccc5c(c4)oc4cc(-c6ccccc6-c6ccc7c(c6)sc6ccccc67)ccc45)n3)cc2)cc1. The average molecular weight is 734 g/mol. The summed E-state index contributed by atoms with van der Waals surface area (Å²) in [6, 6.07) is 65.7. The third kappa shape index (κ3) is 5.65. The van der Waals surface area contributed by atoms with E-state index in [1.54, 1.807) is 0 Å². The normalized spacial score (nSPS) is 11.6. The van der Waals surface area contributed by atoms with Crippen molar-refractivity contribution in [3.05, 3.63) is 188 Å². The Hall–Kier alpha value is -7.21. The van der Waals surface area contributed by atoms with Gasteiger partial charge in [0.05, 0.1) is 0 Å². The van der Waals surface area contributed by atoms with E-state index in [9.17, 15) is 0 Å². The monoisotopic (exact) mass is 733 g/mol. The second-order valence-corrected chi connectivity index (χ2v) is 15.1. The van der Waals surface area contributed by atoms with Gasteiger partial charge in [-0.3, -0.25) is 0 Å². The summed E-state index contributed by atoms with van der Waals surface area (Å²) in [6.45, 7) is 0. The Morgan fingerprint density at radius 3 is 1.41 bits per heavy atom. The number of benzene rings is 8. The van der Waals surface area contributed by atoms with Gasteiger partial charge in [-0.15, -0.1) is 11.3 Å². The number of hydrogen-bond acceptors (Lipinski definition) is 5. The maximum atomic E-state index is 6.63. The van der Waals surface area contributed by atoms with Crippen molar-refractivity contribution in [2.75, 3.05) is 0 Å². The molecule has 0 aliphatic heterocycles. The van der Waals surface area contributed by atoms with E-state index in [0.29, 0.717) is 17.5 Å². The molecule has 0 spiro atoms. The number of rotatable bonds is 6. The van der Waals surface area contributed by atoms with E-state index in [2.05, 4.69) is 152 Å². The highest BCUT2D eigenvalue weighted by Gasteiger charge is 2.17. The van der Waals surface area contributed by atoms with Gasteiger partial charge in [-0.1, -0.05) is 152 Å². The summed E-state index contributed by atoms with van der Waals surface area (Å²) in [5.74, 6) is 1.83. The molecule has 0 N–H and O–H groups in total. The molecule has 0 aliphatic rings. The summed E-state index contributed by atoms with van der Waals surface area (Å²) in [7, 11) is 0. The quantitative estimate of drug-likeness (QED) is 0.171. The summed E-state index contributed by atoms with van der Waals surface area (Å²) in [5, 5.41) is 4.73. The zero-order valence-electron chi connectivity index (χ0n) is 30.1. The lowest BCUT2D eigenvalue weighted by Crippen LogP contribution is -2.00. The Balaban J connectivity index is 0.976. The first-order valence-corrected chi connectivity index (χ1v) is 19.5. The summed E-state index contributed by atoms with van der Waals surface area (Å²) >= 11 is 1.85. The number of aromatic nitrogens is 3. The maximum Gasteiger partial charge on any atom is 0.164 e. The van der Waals surface area contributed by atoms with Crippen LogP contribution in [-0.2, 0) is 0 Å². The van der Waals surface area contributed by atoms with Crippen LogP contribution < -0.4 is 0 Å². The van der Waals surface area contributed by atoms with Crippen LogP contribution in [0.4, 0.5) is 0 Å². The molecule has 262 valence electrons. The molecule has 3 aromatic heterocycles. The van der Waals surface area contributed by atoms with Crippen molar-refractivity contribution in [1.29, 1.82) is 0 Å². The van der Waals surface area contributed by atoms with Gasteiger partial charge in [-0.05, 0) is 69.8 Å². The van der Waals surface area contributed by atoms with E-state index in [0.717, 1.165) is 49.8 Å². The zero-order chi connectivity index (χ0) is 37.0. The Morgan fingerprint density at radius 2 is 0.732 bits per heavy atom. The van der Waals surface area contributed by atoms with E-state index < -0.39 is 0 Å². The third-order valence-corrected chi connectivity index (χ3v) is 11.7. The van der Waals surface area contributed by atoms with Crippen molar-refractivity contribution in [2.24, 2.45) is 0 Å². The van der Waals surface area contributed by atoms with Crippen molar-refractivity contribution >= 4 is 53.4 Å². The molecule has 56 heavy (non-hydrogen) atoms. The second-order valence-electron chi connectivity index (χ2n) is 14.0. The largest absolute Gasteiger partial charge is 0.456 e. The molecule has 0 aliphatic carbocycles. The highest BCUT2D eigenvalue weighted by atomic mass is 32.1. The summed E-state index contributed by atoms with van der Waals surface area (Å²) in [6.07, 6.45) is 0. The first-order valence-electron chi connectivity index (χ1n) is 18.7. The molecule has 0 saturated heterocycles. The number of hydrogen-bond donors (Lipinski definition) is 0. The fourth-order valence-corrected chi connectivity index (χ4v) is 8.90. The summed E-state index contributed by atoms with van der Waals surface area (Å²) < 4.78 is 9.24. The van der Waals surface area contributed by atoms with Crippen LogP contribution in [-0.4, -0.2) is 15.0 Å². The van der Waals surface area contributed by atoms with Crippen molar-refractivity contribution in [1.82, 2.24) is 15.0 Å². The van der Waals surface area contributed by atoms with Gasteiger partial charge in [0.1, 0.15) is 11.2 Å². The lowest BCUT2D eigenvalue weighted by Gasteiger charge is -2.10. The van der Waals surface area contributed by atoms with Gasteiger partial charge in [0.25, 0.3) is 0 Å². The Bertz CT molecular complexity index is 3240. The predicted octanol–water partition coefficient (Wildman–Crippen LogP) is 14.1. The number of furan rings is 1. The molecule has 4 nitrogen and oxygen atoms in total. The molecule has 0 fully saturated rings. The van der Waals surface area contributed by atoms with Crippen LogP contribution in [0.15, 0.2) is 192 Å². The Labute approximate surface area is 327 Å². The number of thiophene rings is 1. The first-order chi connectivity index (χ1) is 27.7. The van der Waals surface area contributed by atoms with Gasteiger partial charge in [0.2, 0.25) is 0 Å². The van der Waals surface area contributed by atoms with Crippen LogP contribution in [0.2, 0.25) is 0 Å². The smallest absolute Gasteiger partial charge is 0.164 e. The van der Waals surface area contributed by atoms with Crippen LogP contribution in [0.5, 0.6) is 0 Å².